The van der Waals surface area contributed by atoms with Crippen LogP contribution in [0.2, 0.25) is 0 Å². The number of rotatable bonds is 4. The molecule has 0 aliphatic carbocycles. The van der Waals surface area contributed by atoms with E-state index in [0.717, 1.165) is 7.11 Å². The third kappa shape index (κ3) is 5.34. The van der Waals surface area contributed by atoms with Crippen LogP contribution in [0.1, 0.15) is 6.92 Å². The maximum atomic E-state index is 11.0. The molecule has 1 unspecified atom stereocenters. The zero-order chi connectivity index (χ0) is 11.2. The number of hydrogen-bond acceptors (Lipinski definition) is 5. The lowest BCUT2D eigenvalue weighted by molar-refractivity contribution is 0.177. The number of hydrogen-bond donors (Lipinski definition) is 2. The molecule has 0 radical (unpaired) electrons. The largest absolute Gasteiger partial charge is 0.452 e. The molecule has 0 heterocycles. The highest BCUT2D eigenvalue weighted by molar-refractivity contribution is 7.88. The summed E-state index contributed by atoms with van der Waals surface area (Å²) in [6.07, 6.45) is -1.08. The molecule has 0 aromatic rings. The van der Waals surface area contributed by atoms with Gasteiger partial charge in [-0.3, -0.25) is 0 Å². The van der Waals surface area contributed by atoms with Crippen LogP contribution in [0.15, 0.2) is 0 Å². The van der Waals surface area contributed by atoms with E-state index in [4.69, 9.17) is 5.26 Å². The summed E-state index contributed by atoms with van der Waals surface area (Å²) in [5, 5.41) is 8.36. The van der Waals surface area contributed by atoms with Gasteiger partial charge in [-0.05, 0) is 6.92 Å². The van der Waals surface area contributed by atoms with Crippen molar-refractivity contribution in [2.75, 3.05) is 13.7 Å². The second-order valence-corrected chi connectivity index (χ2v) is 3.98. The molecule has 7 nitrogen and oxygen atoms in total. The normalized spacial score (nSPS) is 12.6. The van der Waals surface area contributed by atoms with Crippen LogP contribution in [0, 0.1) is 17.2 Å². The Morgan fingerprint density at radius 1 is 1.64 bits per heavy atom. The van der Waals surface area contributed by atoms with E-state index in [0.29, 0.717) is 0 Å². The molecule has 2 N–H and O–H groups in total. The topological polar surface area (TPSA) is 108 Å². The maximum absolute atomic E-state index is 11.0. The average molecular weight is 221 g/mol. The van der Waals surface area contributed by atoms with Crippen LogP contribution in [0.4, 0.5) is 4.79 Å². The second kappa shape index (κ2) is 5.41. The molecule has 0 saturated heterocycles. The summed E-state index contributed by atoms with van der Waals surface area (Å²) < 4.78 is 29.6. The van der Waals surface area contributed by atoms with E-state index in [9.17, 15) is 13.2 Å². The monoisotopic (exact) mass is 221 g/mol. The van der Waals surface area contributed by atoms with Gasteiger partial charge < -0.3 is 4.74 Å². The van der Waals surface area contributed by atoms with Crippen molar-refractivity contribution >= 4 is 16.3 Å². The molecule has 0 aromatic carbocycles. The number of methoxy groups -OCH3 is 1. The van der Waals surface area contributed by atoms with Crippen molar-refractivity contribution in [3.8, 4) is 6.07 Å². The van der Waals surface area contributed by atoms with Gasteiger partial charge >= 0.3 is 16.3 Å². The van der Waals surface area contributed by atoms with E-state index in [-0.39, 0.29) is 6.54 Å². The molecule has 0 saturated carbocycles. The van der Waals surface area contributed by atoms with Crippen molar-refractivity contribution in [2.45, 2.75) is 6.92 Å². The first kappa shape index (κ1) is 12.7. The van der Waals surface area contributed by atoms with Crippen molar-refractivity contribution in [2.24, 2.45) is 5.92 Å². The second-order valence-electron chi connectivity index (χ2n) is 2.48. The van der Waals surface area contributed by atoms with Crippen LogP contribution in [0.3, 0.4) is 0 Å². The van der Waals surface area contributed by atoms with Gasteiger partial charge in [0.2, 0.25) is 0 Å². The lowest BCUT2D eigenvalue weighted by atomic mass is 10.2. The van der Waals surface area contributed by atoms with E-state index in [1.807, 2.05) is 10.8 Å². The standard InChI is InChI=1S/C6H11N3O4S/c1-5(3-7)4-8-14(11,12)9-6(10)13-2/h5,8H,4H2,1-2H3,(H,9,10). The third-order valence-corrected chi connectivity index (χ3v) is 2.19. The van der Waals surface area contributed by atoms with Crippen LogP contribution in [0.5, 0.6) is 0 Å². The van der Waals surface area contributed by atoms with Crippen LogP contribution < -0.4 is 9.44 Å². The van der Waals surface area contributed by atoms with Crippen LogP contribution >= 0.6 is 0 Å². The Balaban J connectivity index is 4.11. The van der Waals surface area contributed by atoms with Gasteiger partial charge in [0.1, 0.15) is 0 Å². The Bertz CT molecular complexity index is 331. The lowest BCUT2D eigenvalue weighted by Crippen LogP contribution is -2.41. The minimum absolute atomic E-state index is 0.0666. The van der Waals surface area contributed by atoms with Crippen LogP contribution in [-0.2, 0) is 14.9 Å². The first-order valence-corrected chi connectivity index (χ1v) is 5.14. The molecule has 0 aliphatic rings. The Hall–Kier alpha value is -1.33. The van der Waals surface area contributed by atoms with E-state index in [1.54, 1.807) is 11.6 Å². The van der Waals surface area contributed by atoms with Gasteiger partial charge in [0.05, 0.1) is 19.1 Å². The van der Waals surface area contributed by atoms with Crippen molar-refractivity contribution < 1.29 is 17.9 Å². The van der Waals surface area contributed by atoms with Crippen molar-refractivity contribution in [1.82, 2.24) is 9.44 Å². The molecule has 0 fully saturated rings. The van der Waals surface area contributed by atoms with E-state index in [1.165, 1.54) is 0 Å². The highest BCUT2D eigenvalue weighted by Crippen LogP contribution is 1.89. The number of carbonyl (C=O) groups is 1. The Morgan fingerprint density at radius 3 is 2.64 bits per heavy atom. The third-order valence-electron chi connectivity index (χ3n) is 1.20. The maximum Gasteiger partial charge on any atom is 0.421 e. The Morgan fingerprint density at radius 2 is 2.21 bits per heavy atom. The quantitative estimate of drug-likeness (QED) is 0.654. The van der Waals surface area contributed by atoms with Crippen molar-refractivity contribution in [3.05, 3.63) is 0 Å². The molecule has 0 bridgehead atoms. The smallest absolute Gasteiger partial charge is 0.421 e. The first-order valence-electron chi connectivity index (χ1n) is 3.66. The number of amides is 1. The summed E-state index contributed by atoms with van der Waals surface area (Å²) >= 11 is 0. The summed E-state index contributed by atoms with van der Waals surface area (Å²) in [4.78, 5) is 10.5. The molecule has 0 spiro atoms. The van der Waals surface area contributed by atoms with E-state index < -0.39 is 22.2 Å². The molecule has 8 heteroatoms. The summed E-state index contributed by atoms with van der Waals surface area (Å²) in [6, 6.07) is 1.83. The van der Waals surface area contributed by atoms with E-state index >= 15 is 0 Å². The summed E-state index contributed by atoms with van der Waals surface area (Å²) in [6.45, 7) is 1.48. The number of nitriles is 1. The fraction of sp³-hybridized carbons (Fsp3) is 0.667. The highest BCUT2D eigenvalue weighted by atomic mass is 32.2. The van der Waals surface area contributed by atoms with Crippen molar-refractivity contribution in [3.63, 3.8) is 0 Å². The fourth-order valence-corrected chi connectivity index (χ4v) is 1.31. The van der Waals surface area contributed by atoms with Crippen LogP contribution in [0.25, 0.3) is 0 Å². The molecule has 80 valence electrons. The van der Waals surface area contributed by atoms with Crippen molar-refractivity contribution in [1.29, 1.82) is 5.26 Å². The van der Waals surface area contributed by atoms with Gasteiger partial charge in [0.15, 0.2) is 0 Å². The molecule has 1 amide bonds. The predicted molar refractivity (Wildman–Crippen MR) is 47.2 cm³/mol. The molecule has 0 aromatic heterocycles. The fourth-order valence-electron chi connectivity index (χ4n) is 0.468. The molecular weight excluding hydrogens is 210 g/mol. The van der Waals surface area contributed by atoms with Gasteiger partial charge in [0.25, 0.3) is 0 Å². The predicted octanol–water partition coefficient (Wildman–Crippen LogP) is -0.664. The summed E-state index contributed by atoms with van der Waals surface area (Å²) in [7, 11) is -2.88. The highest BCUT2D eigenvalue weighted by Gasteiger charge is 2.14. The summed E-state index contributed by atoms with van der Waals surface area (Å²) in [5.74, 6) is -0.468. The molecule has 1 atom stereocenters. The number of ether oxygens (including phenoxy) is 1. The Labute approximate surface area is 82.2 Å². The van der Waals surface area contributed by atoms with Crippen LogP contribution in [-0.4, -0.2) is 28.2 Å². The average Bonchev–Trinajstić information content (AvgIpc) is 2.13. The van der Waals surface area contributed by atoms with E-state index in [2.05, 4.69) is 4.74 Å². The molecular formula is C6H11N3O4S. The summed E-state index contributed by atoms with van der Waals surface area (Å²) in [5.41, 5.74) is 0. The zero-order valence-electron chi connectivity index (χ0n) is 7.77. The van der Waals surface area contributed by atoms with Gasteiger partial charge in [0, 0.05) is 6.54 Å². The van der Waals surface area contributed by atoms with Gasteiger partial charge in [-0.1, -0.05) is 0 Å². The first-order chi connectivity index (χ1) is 6.41. The van der Waals surface area contributed by atoms with Gasteiger partial charge in [-0.15, -0.1) is 0 Å². The molecule has 0 rings (SSSR count). The van der Waals surface area contributed by atoms with Gasteiger partial charge in [-0.2, -0.15) is 18.4 Å². The molecule has 0 aliphatic heterocycles. The minimum atomic E-state index is -3.92. The lowest BCUT2D eigenvalue weighted by Gasteiger charge is -2.07. The number of nitrogens with one attached hydrogen (secondary N) is 2. The SMILES string of the molecule is COC(=O)NS(=O)(=O)NCC(C)C#N. The van der Waals surface area contributed by atoms with Gasteiger partial charge in [-0.25, -0.2) is 9.52 Å². The minimum Gasteiger partial charge on any atom is -0.452 e. The zero-order valence-corrected chi connectivity index (χ0v) is 8.59. The molecule has 14 heavy (non-hydrogen) atoms. The Kier molecular flexibility index (Phi) is 4.90. The number of nitrogens with zero attached hydrogens (tertiary/aromatic N) is 1. The number of carbonyl (C=O) groups excluding carboxylic acids is 1.